The zero-order valence-corrected chi connectivity index (χ0v) is 18.5. The summed E-state index contributed by atoms with van der Waals surface area (Å²) < 4.78 is 0. The second-order valence-electron chi connectivity index (χ2n) is 8.31. The van der Waals surface area contributed by atoms with Crippen molar-refractivity contribution in [1.82, 2.24) is 14.9 Å². The van der Waals surface area contributed by atoms with Gasteiger partial charge in [0.1, 0.15) is 0 Å². The van der Waals surface area contributed by atoms with E-state index in [1.165, 1.54) is 4.90 Å². The molecule has 0 aliphatic carbocycles. The van der Waals surface area contributed by atoms with Crippen LogP contribution in [0, 0.1) is 5.92 Å². The second-order valence-corrected chi connectivity index (χ2v) is 8.31. The summed E-state index contributed by atoms with van der Waals surface area (Å²) in [5.41, 5.74) is 2.15. The maximum Gasteiger partial charge on any atom is 0.408 e. The Morgan fingerprint density at radius 3 is 2.52 bits per heavy atom. The highest BCUT2D eigenvalue weighted by Crippen LogP contribution is 2.34. The number of rotatable bonds is 8. The third-order valence-corrected chi connectivity index (χ3v) is 4.93. The Morgan fingerprint density at radius 1 is 1.23 bits per heavy atom. The Labute approximate surface area is 183 Å². The molecule has 31 heavy (non-hydrogen) atoms. The molecule has 2 atom stereocenters. The quantitative estimate of drug-likeness (QED) is 0.563. The number of carbonyl (C=O) groups excluding carboxylic acids is 1. The van der Waals surface area contributed by atoms with Crippen molar-refractivity contribution in [3.8, 4) is 11.1 Å². The highest BCUT2D eigenvalue weighted by atomic mass is 16.4. The molecule has 0 spiro atoms. The molecule has 0 saturated heterocycles. The van der Waals surface area contributed by atoms with E-state index in [0.717, 1.165) is 16.7 Å². The van der Waals surface area contributed by atoms with Crippen molar-refractivity contribution in [3.05, 3.63) is 67.8 Å². The van der Waals surface area contributed by atoms with Gasteiger partial charge in [-0.2, -0.15) is 0 Å². The number of carbonyl (C=O) groups is 2. The van der Waals surface area contributed by atoms with E-state index < -0.39 is 17.7 Å². The molecule has 2 N–H and O–H groups in total. The summed E-state index contributed by atoms with van der Waals surface area (Å²) in [7, 11) is 0. The standard InChI is InChI=1S/C24H30N4O3/c1-7-9-21(28(23(30)31)24(4,5)6)18-12-17(13-26-14-18)19-10-11-25-15-20(19)27-22(29)16(3)8-2/h7-8,10-16,21H,1-2,9H2,3-6H3,(H,27,29)(H,30,31)/t16-,21+/m1/s1. The highest BCUT2D eigenvalue weighted by Gasteiger charge is 2.33. The summed E-state index contributed by atoms with van der Waals surface area (Å²) in [6, 6.07) is 3.23. The van der Waals surface area contributed by atoms with Crippen molar-refractivity contribution in [2.45, 2.75) is 45.7 Å². The third kappa shape index (κ3) is 5.78. The normalized spacial score (nSPS) is 13.0. The van der Waals surface area contributed by atoms with Crippen LogP contribution in [0.15, 0.2) is 62.2 Å². The van der Waals surface area contributed by atoms with Gasteiger partial charge in [0.25, 0.3) is 0 Å². The van der Waals surface area contributed by atoms with Crippen LogP contribution in [0.1, 0.15) is 45.7 Å². The number of carboxylic acid groups (broad SMARTS) is 1. The van der Waals surface area contributed by atoms with Crippen LogP contribution in [0.25, 0.3) is 11.1 Å². The molecular formula is C24H30N4O3. The molecule has 2 heterocycles. The number of nitrogens with zero attached hydrogens (tertiary/aromatic N) is 3. The molecule has 0 unspecified atom stereocenters. The fraction of sp³-hybridized carbons (Fsp3) is 0.333. The molecule has 2 aromatic heterocycles. The maximum absolute atomic E-state index is 12.4. The zero-order chi connectivity index (χ0) is 23.2. The minimum atomic E-state index is -1.01. The van der Waals surface area contributed by atoms with Crippen LogP contribution in [0.5, 0.6) is 0 Å². The first kappa shape index (κ1) is 23.8. The van der Waals surface area contributed by atoms with Gasteiger partial charge < -0.3 is 10.4 Å². The molecule has 0 aromatic carbocycles. The fourth-order valence-corrected chi connectivity index (χ4v) is 3.32. The van der Waals surface area contributed by atoms with E-state index in [1.807, 2.05) is 26.8 Å². The van der Waals surface area contributed by atoms with E-state index in [2.05, 4.69) is 28.4 Å². The first-order chi connectivity index (χ1) is 14.6. The van der Waals surface area contributed by atoms with E-state index in [1.54, 1.807) is 49.9 Å². The van der Waals surface area contributed by atoms with Crippen LogP contribution >= 0.6 is 0 Å². The van der Waals surface area contributed by atoms with Crippen molar-refractivity contribution in [3.63, 3.8) is 0 Å². The monoisotopic (exact) mass is 422 g/mol. The molecule has 0 bridgehead atoms. The molecule has 2 rings (SSSR count). The summed E-state index contributed by atoms with van der Waals surface area (Å²) in [4.78, 5) is 34.3. The van der Waals surface area contributed by atoms with Gasteiger partial charge >= 0.3 is 6.09 Å². The van der Waals surface area contributed by atoms with E-state index in [4.69, 9.17) is 0 Å². The summed E-state index contributed by atoms with van der Waals surface area (Å²) in [5.74, 6) is -0.548. The molecule has 0 saturated carbocycles. The summed E-state index contributed by atoms with van der Waals surface area (Å²) in [6.07, 6.45) is 9.25. The Morgan fingerprint density at radius 2 is 1.94 bits per heavy atom. The molecule has 0 fully saturated rings. The lowest BCUT2D eigenvalue weighted by molar-refractivity contribution is -0.118. The number of hydrogen-bond donors (Lipinski definition) is 2. The third-order valence-electron chi connectivity index (χ3n) is 4.93. The lowest BCUT2D eigenvalue weighted by Crippen LogP contribution is -2.47. The van der Waals surface area contributed by atoms with Crippen LogP contribution in [0.4, 0.5) is 10.5 Å². The number of nitrogens with one attached hydrogen (secondary N) is 1. The van der Waals surface area contributed by atoms with Gasteiger partial charge in [0.2, 0.25) is 5.91 Å². The second kappa shape index (κ2) is 10.0. The minimum absolute atomic E-state index is 0.192. The molecule has 164 valence electrons. The van der Waals surface area contributed by atoms with Gasteiger partial charge in [-0.15, -0.1) is 13.2 Å². The Hall–Kier alpha value is -3.48. The average molecular weight is 423 g/mol. The predicted octanol–water partition coefficient (Wildman–Crippen LogP) is 5.30. The van der Waals surface area contributed by atoms with E-state index in [0.29, 0.717) is 12.1 Å². The number of aromatic nitrogens is 2. The average Bonchev–Trinajstić information content (AvgIpc) is 2.72. The van der Waals surface area contributed by atoms with E-state index >= 15 is 0 Å². The van der Waals surface area contributed by atoms with Crippen LogP contribution in [-0.4, -0.2) is 37.5 Å². The van der Waals surface area contributed by atoms with Crippen molar-refractivity contribution < 1.29 is 14.7 Å². The lowest BCUT2D eigenvalue weighted by Gasteiger charge is -2.39. The topological polar surface area (TPSA) is 95.4 Å². The van der Waals surface area contributed by atoms with Crippen molar-refractivity contribution >= 4 is 17.7 Å². The van der Waals surface area contributed by atoms with Crippen LogP contribution in [0.3, 0.4) is 0 Å². The van der Waals surface area contributed by atoms with Gasteiger partial charge in [0, 0.05) is 35.3 Å². The maximum atomic E-state index is 12.4. The SMILES string of the molecule is C=CC[C@@H](c1cncc(-c2ccncc2NC(=O)[C@H](C)C=C)c1)N(C(=O)O)C(C)(C)C. The Balaban J connectivity index is 2.52. The van der Waals surface area contributed by atoms with Crippen molar-refractivity contribution in [2.24, 2.45) is 5.92 Å². The molecule has 2 amide bonds. The number of pyridine rings is 2. The van der Waals surface area contributed by atoms with Crippen molar-refractivity contribution in [1.29, 1.82) is 0 Å². The zero-order valence-electron chi connectivity index (χ0n) is 18.5. The molecular weight excluding hydrogens is 392 g/mol. The molecule has 2 aromatic rings. The van der Waals surface area contributed by atoms with E-state index in [-0.39, 0.29) is 11.8 Å². The summed E-state index contributed by atoms with van der Waals surface area (Å²) in [5, 5.41) is 12.8. The highest BCUT2D eigenvalue weighted by molar-refractivity contribution is 5.97. The van der Waals surface area contributed by atoms with Gasteiger partial charge in [-0.1, -0.05) is 19.1 Å². The van der Waals surface area contributed by atoms with Gasteiger partial charge in [-0.25, -0.2) is 4.79 Å². The molecule has 7 nitrogen and oxygen atoms in total. The molecule has 0 aliphatic rings. The largest absolute Gasteiger partial charge is 0.465 e. The lowest BCUT2D eigenvalue weighted by atomic mass is 9.95. The molecule has 0 aliphatic heterocycles. The van der Waals surface area contributed by atoms with Crippen LogP contribution < -0.4 is 5.32 Å². The van der Waals surface area contributed by atoms with E-state index in [9.17, 15) is 14.7 Å². The van der Waals surface area contributed by atoms with Gasteiger partial charge in [0.05, 0.1) is 23.8 Å². The van der Waals surface area contributed by atoms with Crippen LogP contribution in [-0.2, 0) is 4.79 Å². The minimum Gasteiger partial charge on any atom is -0.465 e. The van der Waals surface area contributed by atoms with Crippen molar-refractivity contribution in [2.75, 3.05) is 5.32 Å². The first-order valence-corrected chi connectivity index (χ1v) is 10.1. The Bertz CT molecular complexity index is 965. The first-order valence-electron chi connectivity index (χ1n) is 10.1. The number of hydrogen-bond acceptors (Lipinski definition) is 4. The molecule has 0 radical (unpaired) electrons. The number of anilines is 1. The smallest absolute Gasteiger partial charge is 0.408 e. The molecule has 7 heteroatoms. The number of amides is 2. The van der Waals surface area contributed by atoms with Crippen LogP contribution in [0.2, 0.25) is 0 Å². The van der Waals surface area contributed by atoms with Gasteiger partial charge in [-0.05, 0) is 44.9 Å². The fourth-order valence-electron chi connectivity index (χ4n) is 3.32. The van der Waals surface area contributed by atoms with Gasteiger partial charge in [0.15, 0.2) is 0 Å². The summed E-state index contributed by atoms with van der Waals surface area (Å²) >= 11 is 0. The van der Waals surface area contributed by atoms with Gasteiger partial charge in [-0.3, -0.25) is 19.7 Å². The summed E-state index contributed by atoms with van der Waals surface area (Å²) in [6.45, 7) is 14.8. The Kier molecular flexibility index (Phi) is 7.69. The predicted molar refractivity (Wildman–Crippen MR) is 123 cm³/mol.